The Kier molecular flexibility index (Phi) is 7.19. The first-order valence-corrected chi connectivity index (χ1v) is 12.0. The molecule has 1 saturated heterocycles. The number of hydrogen-bond acceptors (Lipinski definition) is 7. The van der Waals surface area contributed by atoms with Crippen molar-refractivity contribution in [2.45, 2.75) is 37.9 Å². The fourth-order valence-electron chi connectivity index (χ4n) is 3.81. The number of fused-ring (bicyclic) bond motifs is 1. The van der Waals surface area contributed by atoms with Gasteiger partial charge in [0.05, 0.1) is 6.20 Å². The van der Waals surface area contributed by atoms with Gasteiger partial charge in [0.2, 0.25) is 0 Å². The van der Waals surface area contributed by atoms with Crippen molar-refractivity contribution < 1.29 is 0 Å². The molecule has 3 heterocycles. The lowest BCUT2D eigenvalue weighted by Gasteiger charge is -2.33. The molecule has 1 aliphatic rings. The van der Waals surface area contributed by atoms with Crippen LogP contribution in [0.15, 0.2) is 46.5 Å². The number of aromatic nitrogens is 4. The van der Waals surface area contributed by atoms with Gasteiger partial charge in [-0.2, -0.15) is 0 Å². The molecule has 0 amide bonds. The van der Waals surface area contributed by atoms with Crippen molar-refractivity contribution in [3.05, 3.63) is 52.4 Å². The van der Waals surface area contributed by atoms with Gasteiger partial charge in [-0.1, -0.05) is 49.0 Å². The van der Waals surface area contributed by atoms with Gasteiger partial charge in [-0.15, -0.1) is 0 Å². The third-order valence-electron chi connectivity index (χ3n) is 5.58. The molecule has 0 atom stereocenters. The quantitative estimate of drug-likeness (QED) is 0.395. The van der Waals surface area contributed by atoms with Crippen LogP contribution < -0.4 is 10.5 Å². The van der Waals surface area contributed by atoms with Crippen molar-refractivity contribution in [1.82, 2.24) is 24.4 Å². The highest BCUT2D eigenvalue weighted by molar-refractivity contribution is 7.99. The van der Waals surface area contributed by atoms with Crippen LogP contribution in [0.25, 0.3) is 11.2 Å². The lowest BCUT2D eigenvalue weighted by molar-refractivity contribution is 0.312. The minimum Gasteiger partial charge on any atom is -0.352 e. The van der Waals surface area contributed by atoms with Gasteiger partial charge >= 0.3 is 0 Å². The molecule has 0 unspecified atom stereocenters. The third kappa shape index (κ3) is 5.25. The van der Waals surface area contributed by atoms with E-state index in [4.69, 9.17) is 9.97 Å². The fourth-order valence-corrected chi connectivity index (χ4v) is 4.50. The van der Waals surface area contributed by atoms with Crippen LogP contribution in [0, 0.1) is 0 Å². The number of thioether (sulfide) groups is 1. The molecule has 1 aromatic carbocycles. The SMILES string of the molecule is CCCSc1nc(N2CCN(C)CC2)c2ncc(=O)n(CCCc3ccccc3)c2n1. The van der Waals surface area contributed by atoms with Gasteiger partial charge in [0.1, 0.15) is 5.52 Å². The molecule has 8 heteroatoms. The normalized spacial score (nSPS) is 15.0. The summed E-state index contributed by atoms with van der Waals surface area (Å²) in [5.74, 6) is 1.81. The molecule has 2 aromatic heterocycles. The molecule has 0 N–H and O–H groups in total. The van der Waals surface area contributed by atoms with Crippen LogP contribution in [0.4, 0.5) is 5.82 Å². The predicted molar refractivity (Wildman–Crippen MR) is 127 cm³/mol. The van der Waals surface area contributed by atoms with E-state index in [1.54, 1.807) is 16.3 Å². The summed E-state index contributed by atoms with van der Waals surface area (Å²) in [6.45, 7) is 6.53. The second-order valence-electron chi connectivity index (χ2n) is 7.98. The van der Waals surface area contributed by atoms with E-state index in [1.165, 1.54) is 11.8 Å². The first kappa shape index (κ1) is 21.8. The summed E-state index contributed by atoms with van der Waals surface area (Å²) in [5, 5.41) is 0.729. The van der Waals surface area contributed by atoms with E-state index in [1.807, 2.05) is 6.07 Å². The highest BCUT2D eigenvalue weighted by atomic mass is 32.2. The Morgan fingerprint density at radius 2 is 1.84 bits per heavy atom. The Morgan fingerprint density at radius 3 is 2.58 bits per heavy atom. The number of piperazine rings is 1. The molecular weight excluding hydrogens is 408 g/mol. The number of rotatable bonds is 8. The molecule has 0 saturated carbocycles. The third-order valence-corrected chi connectivity index (χ3v) is 6.63. The zero-order valence-corrected chi connectivity index (χ0v) is 19.1. The van der Waals surface area contributed by atoms with Gasteiger partial charge in [-0.25, -0.2) is 15.0 Å². The molecule has 3 aromatic rings. The molecule has 1 fully saturated rings. The van der Waals surface area contributed by atoms with Gasteiger partial charge in [0, 0.05) is 38.5 Å². The maximum Gasteiger partial charge on any atom is 0.270 e. The lowest BCUT2D eigenvalue weighted by Crippen LogP contribution is -2.45. The average Bonchev–Trinajstić information content (AvgIpc) is 2.80. The van der Waals surface area contributed by atoms with E-state index in [0.29, 0.717) is 12.2 Å². The minimum atomic E-state index is -0.102. The highest BCUT2D eigenvalue weighted by Gasteiger charge is 2.22. The Morgan fingerprint density at radius 1 is 1.06 bits per heavy atom. The van der Waals surface area contributed by atoms with Crippen molar-refractivity contribution in [2.24, 2.45) is 0 Å². The first-order chi connectivity index (χ1) is 15.2. The van der Waals surface area contributed by atoms with Crippen LogP contribution >= 0.6 is 11.8 Å². The zero-order chi connectivity index (χ0) is 21.6. The summed E-state index contributed by atoms with van der Waals surface area (Å²) in [6, 6.07) is 10.4. The van der Waals surface area contributed by atoms with Crippen molar-refractivity contribution in [1.29, 1.82) is 0 Å². The summed E-state index contributed by atoms with van der Waals surface area (Å²) in [6.07, 6.45) is 4.26. The Balaban J connectivity index is 1.68. The molecule has 164 valence electrons. The monoisotopic (exact) mass is 438 g/mol. The van der Waals surface area contributed by atoms with Crippen LogP contribution in [0.1, 0.15) is 25.3 Å². The lowest BCUT2D eigenvalue weighted by atomic mass is 10.1. The molecule has 0 radical (unpaired) electrons. The van der Waals surface area contributed by atoms with Crippen LogP contribution in [0.3, 0.4) is 0 Å². The van der Waals surface area contributed by atoms with Crippen LogP contribution in [-0.2, 0) is 13.0 Å². The largest absolute Gasteiger partial charge is 0.352 e. The Labute approximate surface area is 187 Å². The summed E-state index contributed by atoms with van der Waals surface area (Å²) >= 11 is 1.65. The Bertz CT molecular complexity index is 1060. The average molecular weight is 439 g/mol. The number of hydrogen-bond donors (Lipinski definition) is 0. The zero-order valence-electron chi connectivity index (χ0n) is 18.3. The van der Waals surface area contributed by atoms with E-state index in [2.05, 4.69) is 53.0 Å². The number of anilines is 1. The summed E-state index contributed by atoms with van der Waals surface area (Å²) in [4.78, 5) is 31.5. The molecule has 0 aliphatic carbocycles. The van der Waals surface area contributed by atoms with Gasteiger partial charge in [0.25, 0.3) is 5.56 Å². The summed E-state index contributed by atoms with van der Waals surface area (Å²) in [5.41, 5.74) is 2.56. The van der Waals surface area contributed by atoms with Gasteiger partial charge in [-0.3, -0.25) is 9.36 Å². The predicted octanol–water partition coefficient (Wildman–Crippen LogP) is 3.07. The summed E-state index contributed by atoms with van der Waals surface area (Å²) < 4.78 is 1.78. The van der Waals surface area contributed by atoms with E-state index in [-0.39, 0.29) is 5.56 Å². The number of nitrogens with zero attached hydrogens (tertiary/aromatic N) is 6. The van der Waals surface area contributed by atoms with Crippen molar-refractivity contribution in [2.75, 3.05) is 43.9 Å². The first-order valence-electron chi connectivity index (χ1n) is 11.0. The smallest absolute Gasteiger partial charge is 0.270 e. The van der Waals surface area contributed by atoms with Crippen LogP contribution in [0.2, 0.25) is 0 Å². The standard InChI is InChI=1S/C23H30N6OS/c1-3-16-31-23-25-21(28-14-12-27(2)13-15-28)20-22(26-23)29(19(30)17-24-20)11-7-10-18-8-5-4-6-9-18/h4-6,8-9,17H,3,7,10-16H2,1-2H3. The van der Waals surface area contributed by atoms with E-state index in [9.17, 15) is 4.79 Å². The number of aryl methyl sites for hydroxylation is 2. The number of benzene rings is 1. The second kappa shape index (κ2) is 10.2. The van der Waals surface area contributed by atoms with Gasteiger partial charge in [-0.05, 0) is 31.9 Å². The number of likely N-dealkylation sites (N-methyl/N-ethyl adjacent to an activating group) is 1. The molecule has 4 rings (SSSR count). The van der Waals surface area contributed by atoms with Crippen LogP contribution in [0.5, 0.6) is 0 Å². The summed E-state index contributed by atoms with van der Waals surface area (Å²) in [7, 11) is 2.14. The van der Waals surface area contributed by atoms with E-state index < -0.39 is 0 Å². The molecular formula is C23H30N6OS. The molecule has 0 bridgehead atoms. The van der Waals surface area contributed by atoms with Crippen LogP contribution in [-0.4, -0.2) is 63.4 Å². The van der Waals surface area contributed by atoms with Crippen molar-refractivity contribution in [3.8, 4) is 0 Å². The fraction of sp³-hybridized carbons (Fsp3) is 0.478. The Hall–Kier alpha value is -2.45. The van der Waals surface area contributed by atoms with E-state index >= 15 is 0 Å². The molecule has 0 spiro atoms. The van der Waals surface area contributed by atoms with Crippen molar-refractivity contribution in [3.63, 3.8) is 0 Å². The molecule has 1 aliphatic heterocycles. The van der Waals surface area contributed by atoms with E-state index in [0.717, 1.165) is 67.7 Å². The highest BCUT2D eigenvalue weighted by Crippen LogP contribution is 2.26. The molecule has 7 nitrogen and oxygen atoms in total. The van der Waals surface area contributed by atoms with Crippen molar-refractivity contribution >= 4 is 28.7 Å². The maximum absolute atomic E-state index is 12.7. The second-order valence-corrected chi connectivity index (χ2v) is 9.04. The minimum absolute atomic E-state index is 0.102. The maximum atomic E-state index is 12.7. The van der Waals surface area contributed by atoms with Gasteiger partial charge < -0.3 is 9.80 Å². The molecule has 31 heavy (non-hydrogen) atoms. The van der Waals surface area contributed by atoms with Gasteiger partial charge in [0.15, 0.2) is 16.6 Å². The topological polar surface area (TPSA) is 67.2 Å².